The predicted molar refractivity (Wildman–Crippen MR) is 92.3 cm³/mol. The number of carbonyl (C=O) groups is 2. The number of para-hydroxylation sites is 2. The van der Waals surface area contributed by atoms with Crippen molar-refractivity contribution in [2.75, 3.05) is 6.54 Å². The molecule has 1 aromatic heterocycles. The maximum absolute atomic E-state index is 12.9. The van der Waals surface area contributed by atoms with Gasteiger partial charge in [0.25, 0.3) is 0 Å². The molecule has 1 saturated carbocycles. The molecule has 2 aromatic rings. The van der Waals surface area contributed by atoms with Gasteiger partial charge in [0.05, 0.1) is 17.6 Å². The lowest BCUT2D eigenvalue weighted by Gasteiger charge is -2.28. The van der Waals surface area contributed by atoms with E-state index in [9.17, 15) is 9.59 Å². The Labute approximate surface area is 141 Å². The highest BCUT2D eigenvalue weighted by Gasteiger charge is 2.28. The monoisotopic (exact) mass is 328 g/mol. The molecule has 1 aliphatic rings. The fourth-order valence-electron chi connectivity index (χ4n) is 3.60. The lowest BCUT2D eigenvalue weighted by molar-refractivity contribution is -0.138. The first-order chi connectivity index (χ1) is 11.6. The van der Waals surface area contributed by atoms with E-state index in [0.717, 1.165) is 49.0 Å². The number of benzene rings is 1. The molecule has 1 heterocycles. The fraction of sp³-hybridized carbons (Fsp3) is 0.500. The summed E-state index contributed by atoms with van der Waals surface area (Å²) in [4.78, 5) is 30.6. The first-order valence-corrected chi connectivity index (χ1v) is 8.62. The zero-order valence-corrected chi connectivity index (χ0v) is 14.1. The summed E-state index contributed by atoms with van der Waals surface area (Å²) in [5.41, 5.74) is 7.21. The number of primary amides is 1. The summed E-state index contributed by atoms with van der Waals surface area (Å²) in [7, 11) is 0. The molecule has 6 nitrogen and oxygen atoms in total. The number of nitrogens with two attached hydrogens (primary N) is 1. The van der Waals surface area contributed by atoms with Crippen molar-refractivity contribution in [3.63, 3.8) is 0 Å². The largest absolute Gasteiger partial charge is 0.368 e. The minimum absolute atomic E-state index is 0.00239. The van der Waals surface area contributed by atoms with Crippen LogP contribution in [0.25, 0.3) is 11.0 Å². The highest BCUT2D eigenvalue weighted by atomic mass is 16.2. The third kappa shape index (κ3) is 3.27. The van der Waals surface area contributed by atoms with E-state index >= 15 is 0 Å². The van der Waals surface area contributed by atoms with Gasteiger partial charge in [0.2, 0.25) is 11.8 Å². The fourth-order valence-corrected chi connectivity index (χ4v) is 3.60. The van der Waals surface area contributed by atoms with E-state index in [1.54, 1.807) is 4.90 Å². The van der Waals surface area contributed by atoms with E-state index in [1.165, 1.54) is 0 Å². The van der Waals surface area contributed by atoms with E-state index in [0.29, 0.717) is 0 Å². The van der Waals surface area contributed by atoms with Crippen molar-refractivity contribution in [1.29, 1.82) is 0 Å². The molecular weight excluding hydrogens is 304 g/mol. The van der Waals surface area contributed by atoms with Gasteiger partial charge in [0, 0.05) is 12.5 Å². The molecule has 24 heavy (non-hydrogen) atoms. The second-order valence-corrected chi connectivity index (χ2v) is 6.38. The van der Waals surface area contributed by atoms with Gasteiger partial charge in [-0.25, -0.2) is 4.98 Å². The van der Waals surface area contributed by atoms with Crippen molar-refractivity contribution < 1.29 is 9.59 Å². The number of fused-ring (bicyclic) bond motifs is 1. The highest BCUT2D eigenvalue weighted by molar-refractivity contribution is 5.85. The average molecular weight is 328 g/mol. The van der Waals surface area contributed by atoms with Crippen LogP contribution in [0.4, 0.5) is 0 Å². The molecule has 0 saturated heterocycles. The van der Waals surface area contributed by atoms with Crippen molar-refractivity contribution in [3.8, 4) is 0 Å². The van der Waals surface area contributed by atoms with E-state index in [2.05, 4.69) is 4.98 Å². The standard InChI is InChI=1S/C18H24N4O2/c1-2-17-20-14-9-5-6-10-15(14)22(17)12-18(24)21(11-16(19)23)13-7-3-4-8-13/h5-6,9-10,13H,2-4,7-8,11-12H2,1H3,(H2,19,23). The van der Waals surface area contributed by atoms with Crippen LogP contribution in [0.15, 0.2) is 24.3 Å². The molecule has 2 N–H and O–H groups in total. The van der Waals surface area contributed by atoms with Gasteiger partial charge < -0.3 is 15.2 Å². The second kappa shape index (κ2) is 7.03. The topological polar surface area (TPSA) is 81.2 Å². The molecule has 3 rings (SSSR count). The summed E-state index contributed by atoms with van der Waals surface area (Å²) < 4.78 is 1.96. The molecule has 1 aromatic carbocycles. The van der Waals surface area contributed by atoms with Gasteiger partial charge in [0.1, 0.15) is 12.4 Å². The molecule has 128 valence electrons. The molecule has 0 radical (unpaired) electrons. The van der Waals surface area contributed by atoms with E-state index in [-0.39, 0.29) is 25.0 Å². The quantitative estimate of drug-likeness (QED) is 0.878. The Balaban J connectivity index is 1.88. The predicted octanol–water partition coefficient (Wildman–Crippen LogP) is 1.86. The van der Waals surface area contributed by atoms with Gasteiger partial charge in [-0.1, -0.05) is 31.9 Å². The van der Waals surface area contributed by atoms with Crippen molar-refractivity contribution in [3.05, 3.63) is 30.1 Å². The van der Waals surface area contributed by atoms with Crippen LogP contribution >= 0.6 is 0 Å². The first-order valence-electron chi connectivity index (χ1n) is 8.62. The van der Waals surface area contributed by atoms with Crippen LogP contribution < -0.4 is 5.73 Å². The molecule has 2 amide bonds. The number of carbonyl (C=O) groups excluding carboxylic acids is 2. The van der Waals surface area contributed by atoms with Crippen LogP contribution in [0.3, 0.4) is 0 Å². The van der Waals surface area contributed by atoms with Crippen LogP contribution in [0.1, 0.15) is 38.4 Å². The van der Waals surface area contributed by atoms with Gasteiger partial charge in [0.15, 0.2) is 0 Å². The van der Waals surface area contributed by atoms with Crippen molar-refractivity contribution in [2.45, 2.75) is 51.6 Å². The smallest absolute Gasteiger partial charge is 0.243 e. The number of hydrogen-bond acceptors (Lipinski definition) is 3. The zero-order chi connectivity index (χ0) is 17.1. The molecule has 1 aliphatic carbocycles. The molecule has 0 spiro atoms. The Morgan fingerprint density at radius 3 is 2.67 bits per heavy atom. The third-order valence-corrected chi connectivity index (χ3v) is 4.76. The summed E-state index contributed by atoms with van der Waals surface area (Å²) in [5.74, 6) is 0.370. The van der Waals surface area contributed by atoms with Gasteiger partial charge in [-0.2, -0.15) is 0 Å². The number of aromatic nitrogens is 2. The minimum atomic E-state index is -0.457. The van der Waals surface area contributed by atoms with Crippen LogP contribution in [0.2, 0.25) is 0 Å². The third-order valence-electron chi connectivity index (χ3n) is 4.76. The second-order valence-electron chi connectivity index (χ2n) is 6.38. The normalized spacial score (nSPS) is 15.0. The SMILES string of the molecule is CCc1nc2ccccc2n1CC(=O)N(CC(N)=O)C1CCCC1. The molecule has 0 aliphatic heterocycles. The zero-order valence-electron chi connectivity index (χ0n) is 14.1. The lowest BCUT2D eigenvalue weighted by Crippen LogP contribution is -2.45. The lowest BCUT2D eigenvalue weighted by atomic mass is 10.2. The molecular formula is C18H24N4O2. The van der Waals surface area contributed by atoms with Crippen LogP contribution in [0.5, 0.6) is 0 Å². The van der Waals surface area contributed by atoms with E-state index in [1.807, 2.05) is 35.8 Å². The summed E-state index contributed by atoms with van der Waals surface area (Å²) in [6.45, 7) is 2.23. The van der Waals surface area contributed by atoms with Crippen molar-refractivity contribution in [1.82, 2.24) is 14.5 Å². The van der Waals surface area contributed by atoms with Gasteiger partial charge in [-0.05, 0) is 25.0 Å². The summed E-state index contributed by atoms with van der Waals surface area (Å²) in [5, 5.41) is 0. The summed E-state index contributed by atoms with van der Waals surface area (Å²) >= 11 is 0. The number of hydrogen-bond donors (Lipinski definition) is 1. The Bertz CT molecular complexity index is 747. The number of nitrogens with zero attached hydrogens (tertiary/aromatic N) is 3. The average Bonchev–Trinajstić information content (AvgIpc) is 3.20. The van der Waals surface area contributed by atoms with Gasteiger partial charge >= 0.3 is 0 Å². The number of aryl methyl sites for hydroxylation is 1. The Morgan fingerprint density at radius 1 is 1.29 bits per heavy atom. The molecule has 1 fully saturated rings. The highest BCUT2D eigenvalue weighted by Crippen LogP contribution is 2.24. The van der Waals surface area contributed by atoms with E-state index < -0.39 is 5.91 Å². The summed E-state index contributed by atoms with van der Waals surface area (Å²) in [6, 6.07) is 7.95. The number of rotatable bonds is 6. The Kier molecular flexibility index (Phi) is 4.83. The van der Waals surface area contributed by atoms with Crippen LogP contribution in [0, 0.1) is 0 Å². The molecule has 0 atom stereocenters. The summed E-state index contributed by atoms with van der Waals surface area (Å²) in [6.07, 6.45) is 4.85. The maximum Gasteiger partial charge on any atom is 0.243 e. The minimum Gasteiger partial charge on any atom is -0.368 e. The first kappa shape index (κ1) is 16.5. The Hall–Kier alpha value is -2.37. The molecule has 0 unspecified atom stereocenters. The maximum atomic E-state index is 12.9. The number of amides is 2. The van der Waals surface area contributed by atoms with Gasteiger partial charge in [-0.3, -0.25) is 9.59 Å². The van der Waals surface area contributed by atoms with Crippen molar-refractivity contribution in [2.24, 2.45) is 5.73 Å². The van der Waals surface area contributed by atoms with E-state index in [4.69, 9.17) is 5.73 Å². The number of imidazole rings is 1. The Morgan fingerprint density at radius 2 is 2.00 bits per heavy atom. The molecule has 6 heteroatoms. The van der Waals surface area contributed by atoms with Crippen LogP contribution in [-0.4, -0.2) is 38.9 Å². The van der Waals surface area contributed by atoms with Gasteiger partial charge in [-0.15, -0.1) is 0 Å². The van der Waals surface area contributed by atoms with Crippen LogP contribution in [-0.2, 0) is 22.6 Å². The molecule has 0 bridgehead atoms. The van der Waals surface area contributed by atoms with Crippen molar-refractivity contribution >= 4 is 22.8 Å².